The van der Waals surface area contributed by atoms with Crippen LogP contribution >= 0.6 is 15.9 Å². The predicted octanol–water partition coefficient (Wildman–Crippen LogP) is 6.30. The number of hydrogen-bond donors (Lipinski definition) is 1. The number of nitrogens with one attached hydrogen (secondary N) is 1. The van der Waals surface area contributed by atoms with Gasteiger partial charge in [-0.1, -0.05) is 26.0 Å². The van der Waals surface area contributed by atoms with Crippen molar-refractivity contribution >= 4 is 21.7 Å². The first kappa shape index (κ1) is 19.3. The van der Waals surface area contributed by atoms with Crippen molar-refractivity contribution in [3.8, 4) is 11.5 Å². The van der Waals surface area contributed by atoms with Gasteiger partial charge in [-0.25, -0.2) is 14.4 Å². The molecule has 1 N–H and O–H groups in total. The number of anilines is 1. The highest BCUT2D eigenvalue weighted by Gasteiger charge is 2.14. The van der Waals surface area contributed by atoms with E-state index >= 15 is 0 Å². The van der Waals surface area contributed by atoms with E-state index in [0.29, 0.717) is 11.5 Å². The van der Waals surface area contributed by atoms with Crippen molar-refractivity contribution in [2.45, 2.75) is 32.7 Å². The van der Waals surface area contributed by atoms with E-state index in [4.69, 9.17) is 4.74 Å². The highest BCUT2D eigenvalue weighted by Crippen LogP contribution is 2.30. The molecule has 1 unspecified atom stereocenters. The second-order valence-corrected chi connectivity index (χ2v) is 6.86. The van der Waals surface area contributed by atoms with Crippen molar-refractivity contribution < 1.29 is 9.13 Å². The van der Waals surface area contributed by atoms with Crippen molar-refractivity contribution in [1.29, 1.82) is 0 Å². The van der Waals surface area contributed by atoms with Gasteiger partial charge < -0.3 is 10.1 Å². The van der Waals surface area contributed by atoms with E-state index in [2.05, 4.69) is 45.1 Å². The molecule has 0 radical (unpaired) electrons. The van der Waals surface area contributed by atoms with Gasteiger partial charge in [-0.15, -0.1) is 0 Å². The third-order valence-corrected chi connectivity index (χ3v) is 5.08. The molecule has 0 saturated carbocycles. The average Bonchev–Trinajstić information content (AvgIpc) is 2.70. The van der Waals surface area contributed by atoms with E-state index in [1.807, 2.05) is 24.3 Å². The molecular formula is C21H21BrFN3O. The van der Waals surface area contributed by atoms with Gasteiger partial charge in [-0.05, 0) is 70.7 Å². The molecule has 1 aromatic heterocycles. The van der Waals surface area contributed by atoms with Crippen LogP contribution in [0.15, 0.2) is 59.3 Å². The molecule has 0 aliphatic rings. The Labute approximate surface area is 167 Å². The maximum atomic E-state index is 13.0. The fourth-order valence-electron chi connectivity index (χ4n) is 2.75. The first-order valence-corrected chi connectivity index (χ1v) is 9.69. The summed E-state index contributed by atoms with van der Waals surface area (Å²) in [6.07, 6.45) is 3.32. The Morgan fingerprint density at radius 1 is 1.00 bits per heavy atom. The van der Waals surface area contributed by atoms with Gasteiger partial charge in [0.25, 0.3) is 0 Å². The van der Waals surface area contributed by atoms with E-state index in [-0.39, 0.29) is 11.9 Å². The standard InChI is InChI=1S/C21H21BrFN3O/c1-3-18(26-21-20(22)19(4-2)24-13-25-21)14-5-9-16(10-6-14)27-17-11-7-15(23)8-12-17/h5-13,18H,3-4H2,1-2H3,(H,24,25,26). The molecule has 27 heavy (non-hydrogen) atoms. The Morgan fingerprint density at radius 3 is 2.22 bits per heavy atom. The number of aryl methyl sites for hydroxylation is 1. The SMILES string of the molecule is CCc1ncnc(NC(CC)c2ccc(Oc3ccc(F)cc3)cc2)c1Br. The smallest absolute Gasteiger partial charge is 0.144 e. The topological polar surface area (TPSA) is 47.0 Å². The second kappa shape index (κ2) is 8.95. The Hall–Kier alpha value is -2.47. The number of hydrogen-bond acceptors (Lipinski definition) is 4. The molecule has 6 heteroatoms. The number of rotatable bonds is 7. The molecule has 3 aromatic rings. The molecule has 3 rings (SSSR count). The van der Waals surface area contributed by atoms with Crippen LogP contribution in [0.1, 0.15) is 37.6 Å². The zero-order chi connectivity index (χ0) is 19.2. The minimum atomic E-state index is -0.281. The Morgan fingerprint density at radius 2 is 1.63 bits per heavy atom. The van der Waals surface area contributed by atoms with Crippen molar-refractivity contribution in [2.24, 2.45) is 0 Å². The van der Waals surface area contributed by atoms with Gasteiger partial charge >= 0.3 is 0 Å². The monoisotopic (exact) mass is 429 g/mol. The molecule has 0 aliphatic heterocycles. The quantitative estimate of drug-likeness (QED) is 0.478. The summed E-state index contributed by atoms with van der Waals surface area (Å²) in [4.78, 5) is 8.64. The van der Waals surface area contributed by atoms with Gasteiger partial charge in [0.15, 0.2) is 0 Å². The molecule has 1 heterocycles. The van der Waals surface area contributed by atoms with Crippen LogP contribution in [-0.2, 0) is 6.42 Å². The number of nitrogens with zero attached hydrogens (tertiary/aromatic N) is 2. The first-order valence-electron chi connectivity index (χ1n) is 8.90. The fourth-order valence-corrected chi connectivity index (χ4v) is 3.35. The van der Waals surface area contributed by atoms with Crippen molar-refractivity contribution in [3.05, 3.63) is 76.4 Å². The minimum absolute atomic E-state index is 0.112. The average molecular weight is 430 g/mol. The minimum Gasteiger partial charge on any atom is -0.457 e. The lowest BCUT2D eigenvalue weighted by atomic mass is 10.0. The summed E-state index contributed by atoms with van der Waals surface area (Å²) in [6, 6.07) is 14.0. The van der Waals surface area contributed by atoms with Crippen LogP contribution in [0.3, 0.4) is 0 Å². The number of aromatic nitrogens is 2. The Balaban J connectivity index is 1.73. The van der Waals surface area contributed by atoms with Gasteiger partial charge in [0.05, 0.1) is 16.2 Å². The second-order valence-electron chi connectivity index (χ2n) is 6.07. The molecule has 0 saturated heterocycles. The Bertz CT molecular complexity index is 885. The normalized spacial score (nSPS) is 11.9. The fraction of sp³-hybridized carbons (Fsp3) is 0.238. The summed E-state index contributed by atoms with van der Waals surface area (Å²) >= 11 is 3.59. The molecule has 2 aromatic carbocycles. The van der Waals surface area contributed by atoms with Gasteiger partial charge in [-0.2, -0.15) is 0 Å². The lowest BCUT2D eigenvalue weighted by Gasteiger charge is -2.20. The largest absolute Gasteiger partial charge is 0.457 e. The number of ether oxygens (including phenoxy) is 1. The van der Waals surface area contributed by atoms with E-state index in [1.165, 1.54) is 12.1 Å². The number of benzene rings is 2. The highest BCUT2D eigenvalue weighted by atomic mass is 79.9. The molecule has 0 aliphatic carbocycles. The number of halogens is 2. The van der Waals surface area contributed by atoms with Crippen LogP contribution in [-0.4, -0.2) is 9.97 Å². The third-order valence-electron chi connectivity index (χ3n) is 4.25. The summed E-state index contributed by atoms with van der Waals surface area (Å²) in [6.45, 7) is 4.18. The molecule has 4 nitrogen and oxygen atoms in total. The predicted molar refractivity (Wildman–Crippen MR) is 109 cm³/mol. The lowest BCUT2D eigenvalue weighted by molar-refractivity contribution is 0.480. The van der Waals surface area contributed by atoms with Crippen LogP contribution < -0.4 is 10.1 Å². The summed E-state index contributed by atoms with van der Waals surface area (Å²) < 4.78 is 19.6. The molecular weight excluding hydrogens is 409 g/mol. The van der Waals surface area contributed by atoms with Crippen LogP contribution in [0.2, 0.25) is 0 Å². The molecule has 1 atom stereocenters. The van der Waals surface area contributed by atoms with Crippen molar-refractivity contribution in [2.75, 3.05) is 5.32 Å². The molecule has 0 spiro atoms. The van der Waals surface area contributed by atoms with Crippen molar-refractivity contribution in [3.63, 3.8) is 0 Å². The van der Waals surface area contributed by atoms with Crippen LogP contribution in [0.5, 0.6) is 11.5 Å². The van der Waals surface area contributed by atoms with Crippen LogP contribution in [0, 0.1) is 5.82 Å². The summed E-state index contributed by atoms with van der Waals surface area (Å²) in [5, 5.41) is 3.48. The van der Waals surface area contributed by atoms with E-state index in [0.717, 1.165) is 34.4 Å². The van der Waals surface area contributed by atoms with E-state index in [1.54, 1.807) is 18.5 Å². The zero-order valence-electron chi connectivity index (χ0n) is 15.2. The van der Waals surface area contributed by atoms with Crippen molar-refractivity contribution in [1.82, 2.24) is 9.97 Å². The van der Waals surface area contributed by atoms with Crippen LogP contribution in [0.25, 0.3) is 0 Å². The van der Waals surface area contributed by atoms with Gasteiger partial charge in [0, 0.05) is 0 Å². The van der Waals surface area contributed by atoms with Gasteiger partial charge in [-0.3, -0.25) is 0 Å². The van der Waals surface area contributed by atoms with Gasteiger partial charge in [0.2, 0.25) is 0 Å². The maximum Gasteiger partial charge on any atom is 0.144 e. The summed E-state index contributed by atoms with van der Waals surface area (Å²) in [7, 11) is 0. The van der Waals surface area contributed by atoms with E-state index < -0.39 is 0 Å². The lowest BCUT2D eigenvalue weighted by Crippen LogP contribution is -2.12. The highest BCUT2D eigenvalue weighted by molar-refractivity contribution is 9.10. The molecule has 0 amide bonds. The molecule has 0 fully saturated rings. The first-order chi connectivity index (χ1) is 13.1. The summed E-state index contributed by atoms with van der Waals surface area (Å²) in [5.41, 5.74) is 2.11. The Kier molecular flexibility index (Phi) is 6.40. The third kappa shape index (κ3) is 4.83. The molecule has 0 bridgehead atoms. The van der Waals surface area contributed by atoms with Gasteiger partial charge in [0.1, 0.15) is 29.5 Å². The summed E-state index contributed by atoms with van der Waals surface area (Å²) in [5.74, 6) is 1.82. The maximum absolute atomic E-state index is 13.0. The van der Waals surface area contributed by atoms with Crippen LogP contribution in [0.4, 0.5) is 10.2 Å². The zero-order valence-corrected chi connectivity index (χ0v) is 16.8. The molecule has 140 valence electrons. The van der Waals surface area contributed by atoms with E-state index in [9.17, 15) is 4.39 Å².